The van der Waals surface area contributed by atoms with Crippen LogP contribution in [0.15, 0.2) is 4.52 Å². The maximum absolute atomic E-state index is 11.8. The Morgan fingerprint density at radius 3 is 3.00 bits per heavy atom. The third-order valence-electron chi connectivity index (χ3n) is 2.87. The van der Waals surface area contributed by atoms with Crippen molar-refractivity contribution in [1.82, 2.24) is 30.6 Å². The predicted molar refractivity (Wildman–Crippen MR) is 63.4 cm³/mol. The van der Waals surface area contributed by atoms with Gasteiger partial charge in [-0.25, -0.2) is 4.98 Å². The fraction of sp³-hybridized carbons (Fsp3) is 0.545. The van der Waals surface area contributed by atoms with E-state index in [1.165, 1.54) is 0 Å². The Labute approximate surface area is 109 Å². The molecule has 0 saturated heterocycles. The van der Waals surface area contributed by atoms with Gasteiger partial charge < -0.3 is 9.84 Å². The second kappa shape index (κ2) is 4.79. The van der Waals surface area contributed by atoms with Crippen molar-refractivity contribution >= 4 is 5.91 Å². The zero-order chi connectivity index (χ0) is 13.2. The minimum absolute atomic E-state index is 0.186. The summed E-state index contributed by atoms with van der Waals surface area (Å²) in [5, 5.41) is 13.2. The number of hydrogen-bond donors (Lipinski definition) is 2. The normalized spacial score (nSPS) is 14.6. The fourth-order valence-electron chi connectivity index (χ4n) is 1.72. The smallest absolute Gasteiger partial charge is 0.290 e. The lowest BCUT2D eigenvalue weighted by Gasteiger charge is -1.98. The summed E-state index contributed by atoms with van der Waals surface area (Å²) in [6.07, 6.45) is 2.75. The average molecular weight is 262 g/mol. The largest absolute Gasteiger partial charge is 0.349 e. The van der Waals surface area contributed by atoms with Crippen LogP contribution in [0, 0.1) is 6.92 Å². The number of aromatic nitrogens is 5. The molecule has 100 valence electrons. The summed E-state index contributed by atoms with van der Waals surface area (Å²) in [4.78, 5) is 20.0. The molecule has 2 N–H and O–H groups in total. The van der Waals surface area contributed by atoms with Crippen LogP contribution >= 0.6 is 0 Å². The first-order valence-corrected chi connectivity index (χ1v) is 6.22. The number of H-pyrrole nitrogens is 1. The van der Waals surface area contributed by atoms with Crippen LogP contribution in [0.3, 0.4) is 0 Å². The molecule has 1 saturated carbocycles. The van der Waals surface area contributed by atoms with Crippen LogP contribution in [-0.2, 0) is 6.42 Å². The van der Waals surface area contributed by atoms with Gasteiger partial charge in [-0.05, 0) is 12.8 Å². The quantitative estimate of drug-likeness (QED) is 0.804. The molecule has 8 nitrogen and oxygen atoms in total. The van der Waals surface area contributed by atoms with Gasteiger partial charge in [0.2, 0.25) is 11.7 Å². The van der Waals surface area contributed by atoms with E-state index in [-0.39, 0.29) is 11.7 Å². The van der Waals surface area contributed by atoms with Gasteiger partial charge in [0.15, 0.2) is 5.82 Å². The molecule has 8 heteroatoms. The Balaban J connectivity index is 1.50. The highest BCUT2D eigenvalue weighted by Gasteiger charge is 2.28. The van der Waals surface area contributed by atoms with Crippen molar-refractivity contribution in [2.45, 2.75) is 32.1 Å². The van der Waals surface area contributed by atoms with Gasteiger partial charge >= 0.3 is 0 Å². The molecule has 1 fully saturated rings. The molecule has 1 aliphatic rings. The van der Waals surface area contributed by atoms with E-state index in [9.17, 15) is 4.79 Å². The molecular formula is C11H14N6O2. The zero-order valence-electron chi connectivity index (χ0n) is 10.5. The van der Waals surface area contributed by atoms with Crippen LogP contribution in [0.25, 0.3) is 0 Å². The molecule has 0 aliphatic heterocycles. The first-order chi connectivity index (χ1) is 9.22. The molecule has 0 atom stereocenters. The Kier molecular flexibility index (Phi) is 2.98. The standard InChI is InChI=1S/C11H14N6O2/c1-6-13-8(17-19-6)4-5-12-11(18)10-14-9(15-16-10)7-2-3-7/h7H,2-5H2,1H3,(H,12,18)(H,14,15,16). The SMILES string of the molecule is Cc1nc(CCNC(=O)c2n[nH]c(C3CC3)n2)no1. The summed E-state index contributed by atoms with van der Waals surface area (Å²) in [5.41, 5.74) is 0. The molecule has 19 heavy (non-hydrogen) atoms. The Morgan fingerprint density at radius 1 is 1.47 bits per heavy atom. The summed E-state index contributed by atoms with van der Waals surface area (Å²) in [6.45, 7) is 2.15. The Hall–Kier alpha value is -2.25. The molecule has 0 aromatic carbocycles. The fourth-order valence-corrected chi connectivity index (χ4v) is 1.72. The number of carbonyl (C=O) groups is 1. The van der Waals surface area contributed by atoms with Gasteiger partial charge in [0.05, 0.1) is 0 Å². The number of amides is 1. The minimum atomic E-state index is -0.289. The summed E-state index contributed by atoms with van der Waals surface area (Å²) < 4.78 is 4.84. The van der Waals surface area contributed by atoms with Crippen molar-refractivity contribution < 1.29 is 9.32 Å². The first kappa shape index (κ1) is 11.8. The van der Waals surface area contributed by atoms with Gasteiger partial charge in [-0.3, -0.25) is 9.89 Å². The van der Waals surface area contributed by atoms with Crippen molar-refractivity contribution in [3.8, 4) is 0 Å². The molecule has 0 radical (unpaired) electrons. The second-order valence-corrected chi connectivity index (χ2v) is 4.55. The highest BCUT2D eigenvalue weighted by atomic mass is 16.5. The Bertz CT molecular complexity index is 586. The third-order valence-corrected chi connectivity index (χ3v) is 2.87. The van der Waals surface area contributed by atoms with Gasteiger partial charge in [0, 0.05) is 25.8 Å². The lowest BCUT2D eigenvalue weighted by molar-refractivity contribution is 0.0944. The predicted octanol–water partition coefficient (Wildman–Crippen LogP) is 0.346. The van der Waals surface area contributed by atoms with Crippen LogP contribution < -0.4 is 5.32 Å². The van der Waals surface area contributed by atoms with E-state index in [1.54, 1.807) is 6.92 Å². The van der Waals surface area contributed by atoms with Crippen molar-refractivity contribution in [1.29, 1.82) is 0 Å². The van der Waals surface area contributed by atoms with Gasteiger partial charge in [-0.2, -0.15) is 4.98 Å². The van der Waals surface area contributed by atoms with Gasteiger partial charge in [0.1, 0.15) is 5.82 Å². The van der Waals surface area contributed by atoms with Crippen molar-refractivity contribution in [3.63, 3.8) is 0 Å². The molecular weight excluding hydrogens is 248 g/mol. The van der Waals surface area contributed by atoms with Crippen LogP contribution in [-0.4, -0.2) is 37.8 Å². The summed E-state index contributed by atoms with van der Waals surface area (Å²) >= 11 is 0. The maximum Gasteiger partial charge on any atom is 0.290 e. The number of rotatable bonds is 5. The molecule has 0 spiro atoms. The van der Waals surface area contributed by atoms with E-state index < -0.39 is 0 Å². The van der Waals surface area contributed by atoms with Gasteiger partial charge in [-0.1, -0.05) is 5.16 Å². The topological polar surface area (TPSA) is 110 Å². The lowest BCUT2D eigenvalue weighted by atomic mass is 10.4. The van der Waals surface area contributed by atoms with Crippen molar-refractivity contribution in [2.75, 3.05) is 6.54 Å². The molecule has 0 bridgehead atoms. The average Bonchev–Trinajstić information content (AvgIpc) is 2.97. The molecule has 1 amide bonds. The number of nitrogens with one attached hydrogen (secondary N) is 2. The molecule has 2 heterocycles. The highest BCUT2D eigenvalue weighted by Crippen LogP contribution is 2.37. The summed E-state index contributed by atoms with van der Waals surface area (Å²) in [5.74, 6) is 2.25. The van der Waals surface area contributed by atoms with E-state index in [0.29, 0.717) is 30.6 Å². The monoisotopic (exact) mass is 262 g/mol. The number of nitrogens with zero attached hydrogens (tertiary/aromatic N) is 4. The highest BCUT2D eigenvalue weighted by molar-refractivity contribution is 5.90. The summed E-state index contributed by atoms with van der Waals surface area (Å²) in [7, 11) is 0. The van der Waals surface area contributed by atoms with Gasteiger partial charge in [0.25, 0.3) is 5.91 Å². The lowest BCUT2D eigenvalue weighted by Crippen LogP contribution is -2.27. The molecule has 2 aromatic heterocycles. The number of carbonyl (C=O) groups excluding carboxylic acids is 1. The summed E-state index contributed by atoms with van der Waals surface area (Å²) in [6, 6.07) is 0. The van der Waals surface area contributed by atoms with Crippen molar-refractivity contribution in [2.24, 2.45) is 0 Å². The van der Waals surface area contributed by atoms with Crippen LogP contribution in [0.4, 0.5) is 0 Å². The number of aryl methyl sites for hydroxylation is 1. The molecule has 2 aromatic rings. The third kappa shape index (κ3) is 2.78. The first-order valence-electron chi connectivity index (χ1n) is 6.22. The van der Waals surface area contributed by atoms with Gasteiger partial charge in [-0.15, -0.1) is 5.10 Å². The van der Waals surface area contributed by atoms with E-state index in [4.69, 9.17) is 4.52 Å². The molecule has 0 unspecified atom stereocenters. The molecule has 1 aliphatic carbocycles. The number of aromatic amines is 1. The van der Waals surface area contributed by atoms with E-state index >= 15 is 0 Å². The van der Waals surface area contributed by atoms with E-state index in [2.05, 4.69) is 30.6 Å². The van der Waals surface area contributed by atoms with Crippen LogP contribution in [0.2, 0.25) is 0 Å². The maximum atomic E-state index is 11.8. The van der Waals surface area contributed by atoms with Crippen LogP contribution in [0.5, 0.6) is 0 Å². The van der Waals surface area contributed by atoms with E-state index in [0.717, 1.165) is 18.7 Å². The zero-order valence-corrected chi connectivity index (χ0v) is 10.5. The molecule has 3 rings (SSSR count). The Morgan fingerprint density at radius 2 is 2.32 bits per heavy atom. The second-order valence-electron chi connectivity index (χ2n) is 4.55. The van der Waals surface area contributed by atoms with Crippen molar-refractivity contribution in [3.05, 3.63) is 23.4 Å². The minimum Gasteiger partial charge on any atom is -0.349 e. The number of hydrogen-bond acceptors (Lipinski definition) is 6. The van der Waals surface area contributed by atoms with E-state index in [1.807, 2.05) is 0 Å². The van der Waals surface area contributed by atoms with Crippen LogP contribution in [0.1, 0.15) is 46.9 Å².